The molecule has 0 aromatic heterocycles. The lowest BCUT2D eigenvalue weighted by Gasteiger charge is -2.13. The van der Waals surface area contributed by atoms with Gasteiger partial charge in [0.1, 0.15) is 11.6 Å². The van der Waals surface area contributed by atoms with Gasteiger partial charge < -0.3 is 15.8 Å². The van der Waals surface area contributed by atoms with Crippen LogP contribution in [0, 0.1) is 5.82 Å². The highest BCUT2D eigenvalue weighted by atomic mass is 19.1. The number of hydrogen-bond donors (Lipinski definition) is 2. The number of rotatable bonds is 4. The first-order valence-electron chi connectivity index (χ1n) is 6.08. The Balaban J connectivity index is 2.50. The van der Waals surface area contributed by atoms with Gasteiger partial charge in [0.25, 0.3) is 0 Å². The van der Waals surface area contributed by atoms with Crippen molar-refractivity contribution < 1.29 is 13.9 Å². The Bertz CT molecular complexity index is 629. The van der Waals surface area contributed by atoms with E-state index in [9.17, 15) is 9.18 Å². The van der Waals surface area contributed by atoms with E-state index in [0.717, 1.165) is 5.56 Å². The van der Waals surface area contributed by atoms with Crippen LogP contribution in [0.15, 0.2) is 42.5 Å². The molecule has 0 aliphatic carbocycles. The second kappa shape index (κ2) is 6.16. The Kier molecular flexibility index (Phi) is 4.32. The zero-order valence-corrected chi connectivity index (χ0v) is 11.0. The third-order valence-corrected chi connectivity index (χ3v) is 2.84. The van der Waals surface area contributed by atoms with Crippen LogP contribution in [0.25, 0.3) is 11.1 Å². The summed E-state index contributed by atoms with van der Waals surface area (Å²) in [4.78, 5) is 11.4. The summed E-state index contributed by atoms with van der Waals surface area (Å²) in [6.07, 6.45) is 0. The highest BCUT2D eigenvalue weighted by Crippen LogP contribution is 2.35. The molecule has 2 rings (SSSR count). The highest BCUT2D eigenvalue weighted by molar-refractivity contribution is 5.97. The molecule has 0 atom stereocenters. The second-order valence-electron chi connectivity index (χ2n) is 4.14. The molecule has 20 heavy (non-hydrogen) atoms. The van der Waals surface area contributed by atoms with Crippen molar-refractivity contribution in [3.05, 3.63) is 48.3 Å². The number of anilines is 1. The van der Waals surface area contributed by atoms with E-state index in [1.165, 1.54) is 19.2 Å². The van der Waals surface area contributed by atoms with Crippen molar-refractivity contribution in [3.63, 3.8) is 0 Å². The molecule has 0 fully saturated rings. The van der Waals surface area contributed by atoms with Gasteiger partial charge in [-0.1, -0.05) is 18.2 Å². The number of carbonyl (C=O) groups is 1. The molecule has 4 nitrogen and oxygen atoms in total. The van der Waals surface area contributed by atoms with Gasteiger partial charge in [-0.2, -0.15) is 0 Å². The average molecular weight is 274 g/mol. The van der Waals surface area contributed by atoms with Gasteiger partial charge >= 0.3 is 0 Å². The monoisotopic (exact) mass is 274 g/mol. The van der Waals surface area contributed by atoms with Crippen LogP contribution in [0.3, 0.4) is 0 Å². The van der Waals surface area contributed by atoms with Crippen molar-refractivity contribution in [2.24, 2.45) is 5.73 Å². The highest BCUT2D eigenvalue weighted by Gasteiger charge is 2.12. The summed E-state index contributed by atoms with van der Waals surface area (Å²) in [5.74, 6) is -0.271. The van der Waals surface area contributed by atoms with Crippen LogP contribution in [0.4, 0.5) is 10.1 Å². The number of nitrogens with one attached hydrogen (secondary N) is 1. The minimum Gasteiger partial charge on any atom is -0.496 e. The Morgan fingerprint density at radius 2 is 2.00 bits per heavy atom. The molecule has 0 spiro atoms. The van der Waals surface area contributed by atoms with Crippen molar-refractivity contribution in [2.45, 2.75) is 0 Å². The molecule has 0 saturated carbocycles. The number of ether oxygens (including phenoxy) is 1. The quantitative estimate of drug-likeness (QED) is 0.899. The molecular formula is C15H15FN2O2. The van der Waals surface area contributed by atoms with Gasteiger partial charge in [0, 0.05) is 22.9 Å². The number of nitrogens with two attached hydrogens (primary N) is 1. The zero-order valence-electron chi connectivity index (χ0n) is 11.0. The van der Waals surface area contributed by atoms with Crippen molar-refractivity contribution in [1.82, 2.24) is 0 Å². The zero-order chi connectivity index (χ0) is 14.5. The summed E-state index contributed by atoms with van der Waals surface area (Å²) in [6.45, 7) is -0.102. The molecule has 0 aliphatic rings. The van der Waals surface area contributed by atoms with E-state index in [2.05, 4.69) is 5.32 Å². The molecule has 0 saturated heterocycles. The normalized spacial score (nSPS) is 10.2. The van der Waals surface area contributed by atoms with E-state index in [1.54, 1.807) is 18.2 Å². The van der Waals surface area contributed by atoms with Crippen LogP contribution in [0.5, 0.6) is 5.75 Å². The molecule has 5 heteroatoms. The lowest BCUT2D eigenvalue weighted by atomic mass is 10.0. The molecule has 3 N–H and O–H groups in total. The summed E-state index contributed by atoms with van der Waals surface area (Å²) in [5, 5.41) is 2.71. The fourth-order valence-electron chi connectivity index (χ4n) is 1.92. The van der Waals surface area contributed by atoms with Gasteiger partial charge in [0.05, 0.1) is 13.7 Å². The minimum absolute atomic E-state index is 0.102. The number of benzene rings is 2. The number of carbonyl (C=O) groups excluding carboxylic acids is 1. The Labute approximate surface area is 116 Å². The average Bonchev–Trinajstić information content (AvgIpc) is 2.47. The van der Waals surface area contributed by atoms with E-state index in [4.69, 9.17) is 10.5 Å². The lowest BCUT2D eigenvalue weighted by Crippen LogP contribution is -2.22. The van der Waals surface area contributed by atoms with Gasteiger partial charge in [-0.15, -0.1) is 0 Å². The number of hydrogen-bond acceptors (Lipinski definition) is 3. The van der Waals surface area contributed by atoms with Crippen molar-refractivity contribution >= 4 is 11.6 Å². The maximum atomic E-state index is 13.2. The van der Waals surface area contributed by atoms with Crippen LogP contribution in [-0.2, 0) is 4.79 Å². The van der Waals surface area contributed by atoms with Crippen molar-refractivity contribution in [2.75, 3.05) is 19.0 Å². The molecule has 104 valence electrons. The Hall–Kier alpha value is -2.40. The van der Waals surface area contributed by atoms with E-state index in [-0.39, 0.29) is 18.3 Å². The van der Waals surface area contributed by atoms with Gasteiger partial charge in [-0.25, -0.2) is 4.39 Å². The van der Waals surface area contributed by atoms with E-state index < -0.39 is 0 Å². The van der Waals surface area contributed by atoms with Gasteiger partial charge in [0.2, 0.25) is 5.91 Å². The number of halogens is 1. The molecule has 2 aromatic carbocycles. The van der Waals surface area contributed by atoms with Gasteiger partial charge in [-0.3, -0.25) is 4.79 Å². The largest absolute Gasteiger partial charge is 0.496 e. The van der Waals surface area contributed by atoms with Crippen LogP contribution in [0.1, 0.15) is 0 Å². The molecule has 2 aromatic rings. The SMILES string of the molecule is COc1cc(F)ccc1-c1ccccc1NC(=O)CN. The van der Waals surface area contributed by atoms with E-state index in [1.807, 2.05) is 12.1 Å². The van der Waals surface area contributed by atoms with Crippen molar-refractivity contribution in [1.29, 1.82) is 0 Å². The summed E-state index contributed by atoms with van der Waals surface area (Å²) < 4.78 is 18.4. The fourth-order valence-corrected chi connectivity index (χ4v) is 1.92. The summed E-state index contributed by atoms with van der Waals surface area (Å²) in [6, 6.07) is 11.5. The van der Waals surface area contributed by atoms with Crippen LogP contribution in [-0.4, -0.2) is 19.6 Å². The molecule has 0 heterocycles. The van der Waals surface area contributed by atoms with Gasteiger partial charge in [0.15, 0.2) is 0 Å². The molecule has 0 bridgehead atoms. The summed E-state index contributed by atoms with van der Waals surface area (Å²) >= 11 is 0. The standard InChI is InChI=1S/C15H15FN2O2/c1-20-14-8-10(16)6-7-12(14)11-4-2-3-5-13(11)18-15(19)9-17/h2-8H,9,17H2,1H3,(H,18,19). The summed E-state index contributed by atoms with van der Waals surface area (Å²) in [7, 11) is 1.47. The molecule has 1 amide bonds. The third-order valence-electron chi connectivity index (χ3n) is 2.84. The number of methoxy groups -OCH3 is 1. The lowest BCUT2D eigenvalue weighted by molar-refractivity contribution is -0.114. The summed E-state index contributed by atoms with van der Waals surface area (Å²) in [5.41, 5.74) is 7.34. The molecule has 0 radical (unpaired) electrons. The molecule has 0 unspecified atom stereocenters. The topological polar surface area (TPSA) is 64.3 Å². The van der Waals surface area contributed by atoms with E-state index >= 15 is 0 Å². The Morgan fingerprint density at radius 3 is 2.70 bits per heavy atom. The third kappa shape index (κ3) is 2.95. The minimum atomic E-state index is -0.380. The number of para-hydroxylation sites is 1. The first kappa shape index (κ1) is 14.0. The Morgan fingerprint density at radius 1 is 1.25 bits per heavy atom. The van der Waals surface area contributed by atoms with Gasteiger partial charge in [-0.05, 0) is 18.2 Å². The van der Waals surface area contributed by atoms with Crippen LogP contribution < -0.4 is 15.8 Å². The van der Waals surface area contributed by atoms with Crippen molar-refractivity contribution in [3.8, 4) is 16.9 Å². The first-order chi connectivity index (χ1) is 9.65. The van der Waals surface area contributed by atoms with Crippen LogP contribution in [0.2, 0.25) is 0 Å². The first-order valence-corrected chi connectivity index (χ1v) is 6.08. The maximum absolute atomic E-state index is 13.2. The predicted molar refractivity (Wildman–Crippen MR) is 76.1 cm³/mol. The van der Waals surface area contributed by atoms with Crippen LogP contribution >= 0.6 is 0 Å². The van der Waals surface area contributed by atoms with E-state index in [0.29, 0.717) is 17.0 Å². The predicted octanol–water partition coefficient (Wildman–Crippen LogP) is 2.40. The fraction of sp³-hybridized carbons (Fsp3) is 0.133. The molecule has 0 aliphatic heterocycles. The smallest absolute Gasteiger partial charge is 0.238 e. The molecular weight excluding hydrogens is 259 g/mol. The maximum Gasteiger partial charge on any atom is 0.238 e. The second-order valence-corrected chi connectivity index (χ2v) is 4.14. The number of amides is 1.